The topological polar surface area (TPSA) is 54.0 Å². The lowest BCUT2D eigenvalue weighted by molar-refractivity contribution is -0.118. The zero-order valence-corrected chi connectivity index (χ0v) is 17.3. The molecule has 0 radical (unpaired) electrons. The van der Waals surface area contributed by atoms with Crippen molar-refractivity contribution < 1.29 is 9.18 Å². The van der Waals surface area contributed by atoms with Gasteiger partial charge in [0.15, 0.2) is 5.13 Å². The van der Waals surface area contributed by atoms with Crippen LogP contribution in [0.3, 0.4) is 0 Å². The highest BCUT2D eigenvalue weighted by Gasteiger charge is 2.57. The summed E-state index contributed by atoms with van der Waals surface area (Å²) >= 11 is 1.52. The van der Waals surface area contributed by atoms with Crippen LogP contribution in [0, 0.1) is 17.2 Å². The molecule has 0 bridgehead atoms. The van der Waals surface area contributed by atoms with Gasteiger partial charge in [0, 0.05) is 23.1 Å². The Bertz CT molecular complexity index is 876. The van der Waals surface area contributed by atoms with Gasteiger partial charge in [-0.25, -0.2) is 9.37 Å². The van der Waals surface area contributed by atoms with Crippen LogP contribution in [0.15, 0.2) is 24.3 Å². The van der Waals surface area contributed by atoms with Gasteiger partial charge in [0.2, 0.25) is 5.91 Å². The fourth-order valence-electron chi connectivity index (χ4n) is 4.42. The number of thiazole rings is 1. The molecule has 1 aliphatic heterocycles. The van der Waals surface area contributed by atoms with Gasteiger partial charge in [-0.15, -0.1) is 23.7 Å². The van der Waals surface area contributed by atoms with Crippen molar-refractivity contribution in [2.24, 2.45) is 11.3 Å². The maximum absolute atomic E-state index is 14.1. The van der Waals surface area contributed by atoms with E-state index in [4.69, 9.17) is 4.98 Å². The van der Waals surface area contributed by atoms with E-state index < -0.39 is 0 Å². The number of nitrogens with zero attached hydrogens (tertiary/aromatic N) is 1. The second-order valence-corrected chi connectivity index (χ2v) is 9.31. The third kappa shape index (κ3) is 3.82. The quantitative estimate of drug-likeness (QED) is 0.747. The van der Waals surface area contributed by atoms with Crippen LogP contribution in [0.4, 0.5) is 9.52 Å². The number of benzene rings is 1. The lowest BCUT2D eigenvalue weighted by atomic mass is 9.92. The first-order chi connectivity index (χ1) is 13.1. The van der Waals surface area contributed by atoms with E-state index in [0.29, 0.717) is 23.0 Å². The summed E-state index contributed by atoms with van der Waals surface area (Å²) in [4.78, 5) is 18.6. The van der Waals surface area contributed by atoms with Gasteiger partial charge in [-0.05, 0) is 62.2 Å². The molecule has 1 amide bonds. The number of amides is 1. The van der Waals surface area contributed by atoms with E-state index >= 15 is 0 Å². The number of halogens is 2. The third-order valence-corrected chi connectivity index (χ3v) is 7.32. The summed E-state index contributed by atoms with van der Waals surface area (Å²) in [5, 5.41) is 7.13. The normalized spacial score (nSPS) is 22.5. The maximum Gasteiger partial charge on any atom is 0.229 e. The van der Waals surface area contributed by atoms with Crippen LogP contribution >= 0.6 is 23.7 Å². The van der Waals surface area contributed by atoms with Crippen LogP contribution < -0.4 is 10.6 Å². The van der Waals surface area contributed by atoms with Crippen molar-refractivity contribution in [3.8, 4) is 0 Å². The first-order valence-electron chi connectivity index (χ1n) is 9.89. The van der Waals surface area contributed by atoms with Gasteiger partial charge in [0.1, 0.15) is 5.82 Å². The molecular weight excluding hydrogens is 397 g/mol. The highest BCUT2D eigenvalue weighted by atomic mass is 35.5. The Morgan fingerprint density at radius 3 is 2.75 bits per heavy atom. The molecule has 4 nitrogen and oxygen atoms in total. The molecule has 2 aliphatic carbocycles. The predicted molar refractivity (Wildman–Crippen MR) is 112 cm³/mol. The average molecular weight is 422 g/mol. The number of carbonyl (C=O) groups is 1. The molecule has 2 aromatic rings. The molecule has 1 aromatic carbocycles. The number of hydrogen-bond donors (Lipinski definition) is 2. The summed E-state index contributed by atoms with van der Waals surface area (Å²) in [6.45, 7) is 2.03. The Morgan fingerprint density at radius 1 is 1.29 bits per heavy atom. The van der Waals surface area contributed by atoms with E-state index in [1.54, 1.807) is 6.07 Å². The summed E-state index contributed by atoms with van der Waals surface area (Å²) in [5.41, 5.74) is 1.98. The molecule has 2 heterocycles. The Kier molecular flexibility index (Phi) is 5.47. The van der Waals surface area contributed by atoms with Gasteiger partial charge in [-0.2, -0.15) is 0 Å². The molecule has 5 rings (SSSR count). The fourth-order valence-corrected chi connectivity index (χ4v) is 5.50. The van der Waals surface area contributed by atoms with E-state index in [2.05, 4.69) is 10.6 Å². The van der Waals surface area contributed by atoms with Crippen LogP contribution in [0.1, 0.15) is 54.2 Å². The molecule has 1 saturated heterocycles. The summed E-state index contributed by atoms with van der Waals surface area (Å²) in [6, 6.07) is 6.91. The van der Waals surface area contributed by atoms with Crippen molar-refractivity contribution in [3.05, 3.63) is 46.2 Å². The largest absolute Gasteiger partial charge is 0.317 e. The minimum Gasteiger partial charge on any atom is -0.317 e. The highest BCUT2D eigenvalue weighted by Crippen LogP contribution is 2.59. The first-order valence-corrected chi connectivity index (χ1v) is 10.7. The van der Waals surface area contributed by atoms with E-state index in [0.717, 1.165) is 55.8 Å². The summed E-state index contributed by atoms with van der Waals surface area (Å²) in [6.07, 6.45) is 6.01. The Morgan fingerprint density at radius 2 is 2.04 bits per heavy atom. The van der Waals surface area contributed by atoms with E-state index in [1.807, 2.05) is 12.1 Å². The number of hydrogen-bond acceptors (Lipinski definition) is 4. The fraction of sp³-hybridized carbons (Fsp3) is 0.524. The average Bonchev–Trinajstić information content (AvgIpc) is 3.58. The molecule has 1 unspecified atom stereocenters. The summed E-state index contributed by atoms with van der Waals surface area (Å²) in [5.74, 6) is 0.544. The van der Waals surface area contributed by atoms with Crippen molar-refractivity contribution in [2.75, 3.05) is 18.4 Å². The smallest absolute Gasteiger partial charge is 0.229 e. The minimum absolute atomic E-state index is 0. The van der Waals surface area contributed by atoms with E-state index in [1.165, 1.54) is 17.4 Å². The van der Waals surface area contributed by atoms with Gasteiger partial charge in [0.05, 0.1) is 5.69 Å². The van der Waals surface area contributed by atoms with Crippen molar-refractivity contribution in [2.45, 2.75) is 44.4 Å². The van der Waals surface area contributed by atoms with Crippen molar-refractivity contribution in [3.63, 3.8) is 0 Å². The minimum atomic E-state index is -0.177. The first kappa shape index (κ1) is 19.8. The molecule has 1 aromatic heterocycles. The van der Waals surface area contributed by atoms with Gasteiger partial charge < -0.3 is 10.6 Å². The zero-order valence-electron chi connectivity index (χ0n) is 15.7. The summed E-state index contributed by atoms with van der Waals surface area (Å²) in [7, 11) is 0. The highest BCUT2D eigenvalue weighted by molar-refractivity contribution is 7.15. The van der Waals surface area contributed by atoms with Crippen LogP contribution in [0.2, 0.25) is 0 Å². The number of aromatic nitrogens is 1. The van der Waals surface area contributed by atoms with Gasteiger partial charge in [-0.1, -0.05) is 18.2 Å². The van der Waals surface area contributed by atoms with E-state index in [9.17, 15) is 9.18 Å². The second-order valence-electron chi connectivity index (χ2n) is 8.23. The standard InChI is InChI=1S/C21H24FN3OS.ClH/c22-16-4-2-1-3-14(16)11-17-18(13-5-6-13)24-20(27-17)25-19(26)15-12-21(15)7-9-23-10-8-21;/h1-4,13,15,23H,5-12H2,(H,24,25,26);1H. The maximum atomic E-state index is 14.1. The predicted octanol–water partition coefficient (Wildman–Crippen LogP) is 4.50. The van der Waals surface area contributed by atoms with Crippen molar-refractivity contribution >= 4 is 34.8 Å². The van der Waals surface area contributed by atoms with Crippen LogP contribution in [-0.2, 0) is 11.2 Å². The number of nitrogens with one attached hydrogen (secondary N) is 2. The Hall–Kier alpha value is -1.50. The van der Waals surface area contributed by atoms with Crippen LogP contribution in [-0.4, -0.2) is 24.0 Å². The van der Waals surface area contributed by atoms with Gasteiger partial charge in [0.25, 0.3) is 0 Å². The monoisotopic (exact) mass is 421 g/mol. The van der Waals surface area contributed by atoms with E-state index in [-0.39, 0.29) is 35.5 Å². The molecule has 150 valence electrons. The molecule has 1 atom stereocenters. The van der Waals surface area contributed by atoms with Crippen molar-refractivity contribution in [1.82, 2.24) is 10.3 Å². The molecule has 2 saturated carbocycles. The second kappa shape index (κ2) is 7.73. The molecule has 7 heteroatoms. The number of rotatable bonds is 5. The Balaban J connectivity index is 0.00000192. The molecule has 2 N–H and O–H groups in total. The van der Waals surface area contributed by atoms with Crippen LogP contribution in [0.5, 0.6) is 0 Å². The Labute approximate surface area is 174 Å². The molecule has 3 aliphatic rings. The van der Waals surface area contributed by atoms with Crippen molar-refractivity contribution in [1.29, 1.82) is 0 Å². The number of carbonyl (C=O) groups excluding carboxylic acids is 1. The molecule has 1 spiro atoms. The summed E-state index contributed by atoms with van der Waals surface area (Å²) < 4.78 is 14.1. The third-order valence-electron chi connectivity index (χ3n) is 6.34. The molecule has 28 heavy (non-hydrogen) atoms. The molecular formula is C21H25ClFN3OS. The lowest BCUT2D eigenvalue weighted by Crippen LogP contribution is -2.31. The van der Waals surface area contributed by atoms with Crippen LogP contribution in [0.25, 0.3) is 0 Å². The molecule has 3 fully saturated rings. The lowest BCUT2D eigenvalue weighted by Gasteiger charge is -2.22. The van der Waals surface area contributed by atoms with Gasteiger partial charge in [-0.3, -0.25) is 4.79 Å². The number of piperidine rings is 1. The SMILES string of the molecule is Cl.O=C(Nc1nc(C2CC2)c(Cc2ccccc2F)s1)C1CC12CCNCC2. The number of anilines is 1. The van der Waals surface area contributed by atoms with Gasteiger partial charge >= 0.3 is 0 Å². The zero-order chi connectivity index (χ0) is 18.4.